The first-order chi connectivity index (χ1) is 27.9. The average molecular weight is 949 g/mol. The molecule has 296 valence electrons. The van der Waals surface area contributed by atoms with Gasteiger partial charge in [0.25, 0.3) is 0 Å². The maximum absolute atomic E-state index is 12.1. The van der Waals surface area contributed by atoms with Crippen molar-refractivity contribution in [2.24, 2.45) is 0 Å². The number of nitrogens with zero attached hydrogens (tertiary/aromatic N) is 2. The molecule has 0 spiro atoms. The van der Waals surface area contributed by atoms with E-state index in [1.807, 2.05) is 18.3 Å². The molecule has 0 unspecified atom stereocenters. The standard InChI is InChI=1S/C55H49N2O.Pt/c1-54(2,3)47-35-48(53(58)49(36-47)55(4,5)6)52-34-44(40-20-14-9-15-21-40)33-51(57-52)46-30-43(41-24-22-38(23-25-41)28-37-16-10-7-11-17-37)29-45(31-46)50-32-42(26-27-56-50)39-18-12-8-13-19-39;/h7-27,29-30,32-36,58H,28H2,1-6H3;/q-1;. The number of pyridine rings is 2. The van der Waals surface area contributed by atoms with Gasteiger partial charge in [0.2, 0.25) is 0 Å². The van der Waals surface area contributed by atoms with Gasteiger partial charge >= 0.3 is 0 Å². The summed E-state index contributed by atoms with van der Waals surface area (Å²) in [6, 6.07) is 61.1. The number of hydrogen-bond acceptors (Lipinski definition) is 3. The Balaban J connectivity index is 0.00000528. The molecule has 0 aliphatic heterocycles. The molecule has 3 nitrogen and oxygen atoms in total. The third-order valence-electron chi connectivity index (χ3n) is 10.8. The molecule has 0 bridgehead atoms. The number of aromatic nitrogens is 2. The second kappa shape index (κ2) is 17.1. The second-order valence-corrected chi connectivity index (χ2v) is 17.3. The van der Waals surface area contributed by atoms with Crippen molar-refractivity contribution in [1.82, 2.24) is 9.97 Å². The zero-order valence-corrected chi connectivity index (χ0v) is 36.8. The van der Waals surface area contributed by atoms with Crippen molar-refractivity contribution in [3.8, 4) is 72.9 Å². The van der Waals surface area contributed by atoms with Gasteiger partial charge in [-0.25, -0.2) is 0 Å². The van der Waals surface area contributed by atoms with Crippen molar-refractivity contribution in [1.29, 1.82) is 0 Å². The quantitative estimate of drug-likeness (QED) is 0.154. The molecular formula is C55H49N2OPt-. The third kappa shape index (κ3) is 9.38. The summed E-state index contributed by atoms with van der Waals surface area (Å²) in [5.74, 6) is 0.264. The zero-order chi connectivity index (χ0) is 40.4. The van der Waals surface area contributed by atoms with Crippen LogP contribution in [0.2, 0.25) is 0 Å². The van der Waals surface area contributed by atoms with Gasteiger partial charge in [-0.1, -0.05) is 192 Å². The Hall–Kier alpha value is -5.89. The van der Waals surface area contributed by atoms with E-state index in [1.165, 1.54) is 11.1 Å². The van der Waals surface area contributed by atoms with Crippen molar-refractivity contribution in [3.63, 3.8) is 0 Å². The van der Waals surface area contributed by atoms with E-state index in [0.29, 0.717) is 5.69 Å². The van der Waals surface area contributed by atoms with Crippen molar-refractivity contribution in [3.05, 3.63) is 198 Å². The van der Waals surface area contributed by atoms with Crippen LogP contribution < -0.4 is 0 Å². The van der Waals surface area contributed by atoms with E-state index >= 15 is 0 Å². The number of aromatic hydroxyl groups is 1. The zero-order valence-electron chi connectivity index (χ0n) is 34.5. The topological polar surface area (TPSA) is 46.0 Å². The summed E-state index contributed by atoms with van der Waals surface area (Å²) in [6.45, 7) is 13.1. The average Bonchev–Trinajstić information content (AvgIpc) is 3.24. The van der Waals surface area contributed by atoms with E-state index in [2.05, 4.69) is 199 Å². The van der Waals surface area contributed by atoms with E-state index in [9.17, 15) is 5.11 Å². The Morgan fingerprint density at radius 3 is 1.59 bits per heavy atom. The maximum Gasteiger partial charge on any atom is 0.128 e. The minimum absolute atomic E-state index is 0. The van der Waals surface area contributed by atoms with Crippen LogP contribution in [-0.2, 0) is 38.3 Å². The number of phenolic OH excluding ortho intramolecular Hbond substituents is 1. The van der Waals surface area contributed by atoms with Gasteiger partial charge in [-0.15, -0.1) is 18.2 Å². The summed E-state index contributed by atoms with van der Waals surface area (Å²) in [5.41, 5.74) is 15.3. The smallest absolute Gasteiger partial charge is 0.128 e. The molecule has 0 saturated heterocycles. The van der Waals surface area contributed by atoms with Gasteiger partial charge in [0.15, 0.2) is 0 Å². The summed E-state index contributed by atoms with van der Waals surface area (Å²) >= 11 is 0. The van der Waals surface area contributed by atoms with Crippen LogP contribution in [0.15, 0.2) is 170 Å². The Morgan fingerprint density at radius 2 is 0.983 bits per heavy atom. The van der Waals surface area contributed by atoms with Gasteiger partial charge in [0.05, 0.1) is 5.69 Å². The Bertz CT molecular complexity index is 2690. The van der Waals surface area contributed by atoms with Gasteiger partial charge < -0.3 is 5.11 Å². The van der Waals surface area contributed by atoms with Crippen LogP contribution in [0, 0.1) is 6.07 Å². The molecule has 0 aliphatic rings. The van der Waals surface area contributed by atoms with Crippen LogP contribution in [0.5, 0.6) is 5.75 Å². The number of benzene rings is 6. The molecule has 1 N–H and O–H groups in total. The van der Waals surface area contributed by atoms with Gasteiger partial charge in [0.1, 0.15) is 5.75 Å². The second-order valence-electron chi connectivity index (χ2n) is 17.3. The van der Waals surface area contributed by atoms with Gasteiger partial charge in [-0.2, -0.15) is 0 Å². The molecule has 0 atom stereocenters. The Morgan fingerprint density at radius 1 is 0.475 bits per heavy atom. The molecule has 0 aliphatic carbocycles. The molecule has 4 heteroatoms. The van der Waals surface area contributed by atoms with E-state index in [1.54, 1.807) is 0 Å². The minimum atomic E-state index is -0.283. The summed E-state index contributed by atoms with van der Waals surface area (Å²) in [4.78, 5) is 10.3. The van der Waals surface area contributed by atoms with Crippen LogP contribution >= 0.6 is 0 Å². The fourth-order valence-corrected chi connectivity index (χ4v) is 7.49. The minimum Gasteiger partial charge on any atom is -0.507 e. The molecule has 0 saturated carbocycles. The van der Waals surface area contributed by atoms with E-state index in [4.69, 9.17) is 9.97 Å². The number of phenols is 1. The van der Waals surface area contributed by atoms with Gasteiger partial charge in [0, 0.05) is 49.8 Å². The van der Waals surface area contributed by atoms with E-state index in [-0.39, 0.29) is 37.6 Å². The Labute approximate surface area is 364 Å². The normalized spacial score (nSPS) is 11.6. The van der Waals surface area contributed by atoms with Gasteiger partial charge in [-0.3, -0.25) is 9.97 Å². The molecule has 0 radical (unpaired) electrons. The molecule has 6 aromatic carbocycles. The first kappa shape index (κ1) is 41.3. The summed E-state index contributed by atoms with van der Waals surface area (Å²) < 4.78 is 0. The van der Waals surface area contributed by atoms with Crippen molar-refractivity contribution in [2.75, 3.05) is 0 Å². The Kier molecular flexibility index (Phi) is 12.0. The third-order valence-corrected chi connectivity index (χ3v) is 10.8. The monoisotopic (exact) mass is 948 g/mol. The first-order valence-corrected chi connectivity index (χ1v) is 20.1. The molecule has 59 heavy (non-hydrogen) atoms. The first-order valence-electron chi connectivity index (χ1n) is 20.1. The van der Waals surface area contributed by atoms with Crippen LogP contribution in [0.1, 0.15) is 63.8 Å². The summed E-state index contributed by atoms with van der Waals surface area (Å²) in [5, 5.41) is 12.1. The maximum atomic E-state index is 12.1. The number of hydrogen-bond donors (Lipinski definition) is 1. The molecule has 0 fully saturated rings. The summed E-state index contributed by atoms with van der Waals surface area (Å²) in [7, 11) is 0. The van der Waals surface area contributed by atoms with Crippen LogP contribution in [0.25, 0.3) is 67.2 Å². The van der Waals surface area contributed by atoms with Crippen LogP contribution in [-0.4, -0.2) is 15.1 Å². The van der Waals surface area contributed by atoms with E-state index < -0.39 is 0 Å². The molecule has 2 heterocycles. The van der Waals surface area contributed by atoms with E-state index in [0.717, 1.165) is 79.0 Å². The van der Waals surface area contributed by atoms with Crippen molar-refractivity contribution < 1.29 is 26.2 Å². The molecule has 8 rings (SSSR count). The van der Waals surface area contributed by atoms with Crippen molar-refractivity contribution >= 4 is 0 Å². The molecular weight excluding hydrogens is 900 g/mol. The fraction of sp³-hybridized carbons (Fsp3) is 0.164. The van der Waals surface area contributed by atoms with Crippen LogP contribution in [0.4, 0.5) is 0 Å². The molecule has 0 amide bonds. The predicted molar refractivity (Wildman–Crippen MR) is 242 cm³/mol. The summed E-state index contributed by atoms with van der Waals surface area (Å²) in [6.07, 6.45) is 2.75. The van der Waals surface area contributed by atoms with Crippen molar-refractivity contribution in [2.45, 2.75) is 58.8 Å². The largest absolute Gasteiger partial charge is 0.507 e. The van der Waals surface area contributed by atoms with Crippen LogP contribution in [0.3, 0.4) is 0 Å². The molecule has 8 aromatic rings. The number of rotatable bonds is 8. The molecule has 2 aromatic heterocycles. The predicted octanol–water partition coefficient (Wildman–Crippen LogP) is 14.2. The SMILES string of the molecule is CC(C)(C)c1cc(-c2cc(-c3ccccc3)cc(-c3[c-]c(-c4cc(-c5ccccc5)ccn4)cc(-c4ccc(Cc5ccccc5)cc4)c3)n2)c(O)c(C(C)(C)C)c1.[Pt]. The fourth-order valence-electron chi connectivity index (χ4n) is 7.49. The van der Waals surface area contributed by atoms with Gasteiger partial charge in [-0.05, 0) is 80.0 Å².